The summed E-state index contributed by atoms with van der Waals surface area (Å²) in [6, 6.07) is 7.36. The van der Waals surface area contributed by atoms with Crippen molar-refractivity contribution in [3.8, 4) is 0 Å². The number of rotatable bonds is 4. The molecular formula is C11H10N4O4S. The summed E-state index contributed by atoms with van der Waals surface area (Å²) >= 11 is 0. The smallest absolute Gasteiger partial charge is 0.269 e. The maximum absolute atomic E-state index is 12.1. The van der Waals surface area contributed by atoms with Crippen LogP contribution in [-0.4, -0.2) is 18.3 Å². The summed E-state index contributed by atoms with van der Waals surface area (Å²) in [6.45, 7) is 0. The highest BCUT2D eigenvalue weighted by molar-refractivity contribution is 7.92. The van der Waals surface area contributed by atoms with Gasteiger partial charge in [0.2, 0.25) is 0 Å². The Bertz CT molecular complexity index is 743. The van der Waals surface area contributed by atoms with Crippen LogP contribution < -0.4 is 10.5 Å². The van der Waals surface area contributed by atoms with Gasteiger partial charge in [0.05, 0.1) is 15.5 Å². The zero-order valence-electron chi connectivity index (χ0n) is 10.1. The molecular weight excluding hydrogens is 284 g/mol. The molecule has 2 rings (SSSR count). The molecule has 8 nitrogen and oxygen atoms in total. The van der Waals surface area contributed by atoms with Crippen LogP contribution in [0.3, 0.4) is 0 Å². The van der Waals surface area contributed by atoms with Gasteiger partial charge in [-0.2, -0.15) is 0 Å². The van der Waals surface area contributed by atoms with Crippen molar-refractivity contribution in [2.24, 2.45) is 0 Å². The predicted octanol–water partition coefficient (Wildman–Crippen LogP) is 1.37. The fraction of sp³-hybridized carbons (Fsp3) is 0. The van der Waals surface area contributed by atoms with Crippen LogP contribution in [0.4, 0.5) is 17.2 Å². The summed E-state index contributed by atoms with van der Waals surface area (Å²) < 4.78 is 26.4. The first-order valence-electron chi connectivity index (χ1n) is 5.37. The number of nitro benzene ring substituents is 1. The van der Waals surface area contributed by atoms with E-state index in [0.29, 0.717) is 0 Å². The van der Waals surface area contributed by atoms with Crippen LogP contribution in [0.25, 0.3) is 0 Å². The van der Waals surface area contributed by atoms with Crippen molar-refractivity contribution in [2.45, 2.75) is 4.90 Å². The molecule has 0 aliphatic carbocycles. The van der Waals surface area contributed by atoms with E-state index in [2.05, 4.69) is 9.71 Å². The summed E-state index contributed by atoms with van der Waals surface area (Å²) in [4.78, 5) is 13.6. The molecule has 1 aromatic carbocycles. The first-order valence-corrected chi connectivity index (χ1v) is 6.85. The number of nitrogens with zero attached hydrogens (tertiary/aromatic N) is 2. The second-order valence-corrected chi connectivity index (χ2v) is 5.51. The first-order chi connectivity index (χ1) is 9.38. The minimum absolute atomic E-state index is 0.0847. The lowest BCUT2D eigenvalue weighted by Crippen LogP contribution is -2.13. The zero-order valence-corrected chi connectivity index (χ0v) is 10.9. The molecule has 20 heavy (non-hydrogen) atoms. The lowest BCUT2D eigenvalue weighted by Gasteiger charge is -2.08. The molecule has 0 aliphatic heterocycles. The minimum atomic E-state index is -3.83. The van der Waals surface area contributed by atoms with Crippen molar-refractivity contribution in [3.05, 3.63) is 52.7 Å². The summed E-state index contributed by atoms with van der Waals surface area (Å²) in [6.07, 6.45) is 1.36. The van der Waals surface area contributed by atoms with E-state index in [1.807, 2.05) is 0 Å². The van der Waals surface area contributed by atoms with Crippen LogP contribution >= 0.6 is 0 Å². The quantitative estimate of drug-likeness (QED) is 0.647. The number of aromatic nitrogens is 1. The maximum atomic E-state index is 12.1. The predicted molar refractivity (Wildman–Crippen MR) is 72.6 cm³/mol. The molecule has 0 unspecified atom stereocenters. The van der Waals surface area contributed by atoms with Crippen molar-refractivity contribution in [3.63, 3.8) is 0 Å². The Balaban J connectivity index is 2.28. The minimum Gasteiger partial charge on any atom is -0.384 e. The topological polar surface area (TPSA) is 128 Å². The van der Waals surface area contributed by atoms with Gasteiger partial charge in [-0.15, -0.1) is 0 Å². The second kappa shape index (κ2) is 5.13. The monoisotopic (exact) mass is 294 g/mol. The van der Waals surface area contributed by atoms with Crippen molar-refractivity contribution in [1.82, 2.24) is 4.98 Å². The van der Waals surface area contributed by atoms with Gasteiger partial charge in [0, 0.05) is 24.4 Å². The van der Waals surface area contributed by atoms with Gasteiger partial charge in [-0.05, 0) is 18.2 Å². The molecule has 0 radical (unpaired) electrons. The third-order valence-corrected chi connectivity index (χ3v) is 3.79. The van der Waals surface area contributed by atoms with Crippen molar-refractivity contribution >= 4 is 27.2 Å². The van der Waals surface area contributed by atoms with E-state index in [1.165, 1.54) is 18.3 Å². The van der Waals surface area contributed by atoms with E-state index in [-0.39, 0.29) is 22.1 Å². The molecule has 9 heteroatoms. The van der Waals surface area contributed by atoms with Crippen LogP contribution in [0.5, 0.6) is 0 Å². The van der Waals surface area contributed by atoms with Crippen LogP contribution in [0.1, 0.15) is 0 Å². The molecule has 0 amide bonds. The highest BCUT2D eigenvalue weighted by Gasteiger charge is 2.16. The number of nitrogen functional groups attached to an aromatic ring is 1. The fourth-order valence-electron chi connectivity index (χ4n) is 1.47. The normalized spacial score (nSPS) is 11.0. The molecule has 0 bridgehead atoms. The van der Waals surface area contributed by atoms with Crippen molar-refractivity contribution in [2.75, 3.05) is 10.5 Å². The Hall–Kier alpha value is -2.68. The molecule has 1 aromatic heterocycles. The molecule has 2 aromatic rings. The third-order valence-electron chi connectivity index (χ3n) is 2.39. The van der Waals surface area contributed by atoms with Crippen LogP contribution in [-0.2, 0) is 10.0 Å². The van der Waals surface area contributed by atoms with E-state index in [0.717, 1.165) is 24.3 Å². The van der Waals surface area contributed by atoms with Gasteiger partial charge < -0.3 is 5.73 Å². The SMILES string of the molecule is Nc1cc(NS(=O)(=O)c2ccc([N+](=O)[O-])cc2)ccn1. The van der Waals surface area contributed by atoms with Gasteiger partial charge in [-0.25, -0.2) is 13.4 Å². The summed E-state index contributed by atoms with van der Waals surface area (Å²) in [5.74, 6) is 0.175. The van der Waals surface area contributed by atoms with Gasteiger partial charge in [0.1, 0.15) is 5.82 Å². The van der Waals surface area contributed by atoms with Gasteiger partial charge >= 0.3 is 0 Å². The fourth-order valence-corrected chi connectivity index (χ4v) is 2.52. The van der Waals surface area contributed by atoms with Crippen LogP contribution in [0.2, 0.25) is 0 Å². The molecule has 0 saturated heterocycles. The summed E-state index contributed by atoms with van der Waals surface area (Å²) in [5.41, 5.74) is 5.53. The Morgan fingerprint density at radius 1 is 1.20 bits per heavy atom. The average molecular weight is 294 g/mol. The Morgan fingerprint density at radius 2 is 1.85 bits per heavy atom. The Labute approximate surface area is 114 Å². The molecule has 0 spiro atoms. The lowest BCUT2D eigenvalue weighted by atomic mass is 10.3. The molecule has 0 atom stereocenters. The van der Waals surface area contributed by atoms with Gasteiger partial charge in [-0.1, -0.05) is 0 Å². The third kappa shape index (κ3) is 3.01. The standard InChI is InChI=1S/C11H10N4O4S/c12-11-7-8(5-6-13-11)14-20(18,19)10-3-1-9(2-4-10)15(16)17/h1-7H,(H3,12,13,14). The Kier molecular flexibility index (Phi) is 3.53. The first kappa shape index (κ1) is 13.7. The van der Waals surface area contributed by atoms with E-state index in [1.54, 1.807) is 0 Å². The average Bonchev–Trinajstić information content (AvgIpc) is 2.38. The van der Waals surface area contributed by atoms with E-state index in [4.69, 9.17) is 5.73 Å². The molecule has 0 aliphatic rings. The number of nitro groups is 1. The van der Waals surface area contributed by atoms with Crippen LogP contribution in [0.15, 0.2) is 47.5 Å². The lowest BCUT2D eigenvalue weighted by molar-refractivity contribution is -0.384. The van der Waals surface area contributed by atoms with E-state index >= 15 is 0 Å². The van der Waals surface area contributed by atoms with E-state index < -0.39 is 14.9 Å². The number of non-ortho nitro benzene ring substituents is 1. The van der Waals surface area contributed by atoms with Crippen molar-refractivity contribution < 1.29 is 13.3 Å². The van der Waals surface area contributed by atoms with Gasteiger partial charge in [-0.3, -0.25) is 14.8 Å². The summed E-state index contributed by atoms with van der Waals surface area (Å²) in [5, 5.41) is 10.5. The number of benzene rings is 1. The highest BCUT2D eigenvalue weighted by Crippen LogP contribution is 2.19. The second-order valence-electron chi connectivity index (χ2n) is 3.83. The van der Waals surface area contributed by atoms with Gasteiger partial charge in [0.15, 0.2) is 0 Å². The number of pyridine rings is 1. The number of hydrogen-bond donors (Lipinski definition) is 2. The molecule has 104 valence electrons. The number of nitrogens with one attached hydrogen (secondary N) is 1. The molecule has 0 saturated carbocycles. The highest BCUT2D eigenvalue weighted by atomic mass is 32.2. The van der Waals surface area contributed by atoms with Crippen molar-refractivity contribution in [1.29, 1.82) is 0 Å². The number of anilines is 2. The molecule has 3 N–H and O–H groups in total. The number of hydrogen-bond acceptors (Lipinski definition) is 6. The number of nitrogens with two attached hydrogens (primary N) is 1. The molecule has 0 fully saturated rings. The van der Waals surface area contributed by atoms with Crippen LogP contribution in [0, 0.1) is 10.1 Å². The Morgan fingerprint density at radius 3 is 2.40 bits per heavy atom. The maximum Gasteiger partial charge on any atom is 0.269 e. The number of sulfonamides is 1. The van der Waals surface area contributed by atoms with E-state index in [9.17, 15) is 18.5 Å². The molecule has 1 heterocycles. The largest absolute Gasteiger partial charge is 0.384 e. The zero-order chi connectivity index (χ0) is 14.8. The van der Waals surface area contributed by atoms with Gasteiger partial charge in [0.25, 0.3) is 15.7 Å². The summed E-state index contributed by atoms with van der Waals surface area (Å²) in [7, 11) is -3.83.